The zero-order chi connectivity index (χ0) is 13.1. The molecular weight excluding hydrogens is 238 g/mol. The lowest BCUT2D eigenvalue weighted by molar-refractivity contribution is -0.132. The number of carbonyl (C=O) groups is 1. The molecule has 1 N–H and O–H groups in total. The molecule has 4 heteroatoms. The quantitative estimate of drug-likeness (QED) is 0.812. The highest BCUT2D eigenvalue weighted by molar-refractivity contribution is 5.76. The van der Waals surface area contributed by atoms with Gasteiger partial charge in [-0.15, -0.1) is 0 Å². The van der Waals surface area contributed by atoms with Gasteiger partial charge >= 0.3 is 0 Å². The molecule has 1 aliphatic carbocycles. The smallest absolute Gasteiger partial charge is 0.223 e. The van der Waals surface area contributed by atoms with Crippen LogP contribution in [0.5, 0.6) is 0 Å². The van der Waals surface area contributed by atoms with Crippen LogP contribution in [0.15, 0.2) is 0 Å². The largest absolute Gasteiger partial charge is 0.343 e. The number of nitrogens with one attached hydrogen (secondary N) is 1. The molecular formula is C15H27N3O. The molecule has 108 valence electrons. The maximum atomic E-state index is 12.1. The predicted octanol–water partition coefficient (Wildman–Crippen LogP) is 1.22. The Kier molecular flexibility index (Phi) is 4.38. The van der Waals surface area contributed by atoms with E-state index in [0.29, 0.717) is 18.4 Å². The minimum Gasteiger partial charge on any atom is -0.343 e. The monoisotopic (exact) mass is 265 g/mol. The zero-order valence-corrected chi connectivity index (χ0v) is 11.9. The lowest BCUT2D eigenvalue weighted by atomic mass is 10.0. The Morgan fingerprint density at radius 1 is 1.00 bits per heavy atom. The molecule has 0 unspecified atom stereocenters. The van der Waals surface area contributed by atoms with E-state index in [4.69, 9.17) is 0 Å². The van der Waals surface area contributed by atoms with Gasteiger partial charge in [0.15, 0.2) is 0 Å². The lowest BCUT2D eigenvalue weighted by Crippen LogP contribution is -2.46. The summed E-state index contributed by atoms with van der Waals surface area (Å²) >= 11 is 0. The maximum absolute atomic E-state index is 12.1. The van der Waals surface area contributed by atoms with Crippen LogP contribution in [0, 0.1) is 0 Å². The molecule has 1 amide bonds. The van der Waals surface area contributed by atoms with Gasteiger partial charge in [-0.2, -0.15) is 0 Å². The summed E-state index contributed by atoms with van der Waals surface area (Å²) in [4.78, 5) is 16.8. The molecule has 0 atom stereocenters. The van der Waals surface area contributed by atoms with Gasteiger partial charge in [-0.05, 0) is 51.6 Å². The van der Waals surface area contributed by atoms with Gasteiger partial charge in [-0.25, -0.2) is 0 Å². The van der Waals surface area contributed by atoms with Crippen LogP contribution in [0.1, 0.15) is 44.9 Å². The SMILES string of the molecule is O=C(CCNC1CC1)N1CCC(N2CCCC2)CC1. The molecule has 19 heavy (non-hydrogen) atoms. The summed E-state index contributed by atoms with van der Waals surface area (Å²) in [7, 11) is 0. The van der Waals surface area contributed by atoms with E-state index in [-0.39, 0.29) is 0 Å². The fourth-order valence-corrected chi connectivity index (χ4v) is 3.42. The van der Waals surface area contributed by atoms with Crippen molar-refractivity contribution in [1.82, 2.24) is 15.1 Å². The van der Waals surface area contributed by atoms with Crippen LogP contribution >= 0.6 is 0 Å². The number of hydrogen-bond acceptors (Lipinski definition) is 3. The number of carbonyl (C=O) groups excluding carboxylic acids is 1. The highest BCUT2D eigenvalue weighted by Gasteiger charge is 2.28. The van der Waals surface area contributed by atoms with Gasteiger partial charge in [0.25, 0.3) is 0 Å². The molecule has 0 radical (unpaired) electrons. The summed E-state index contributed by atoms with van der Waals surface area (Å²) < 4.78 is 0. The van der Waals surface area contributed by atoms with Crippen LogP contribution in [-0.4, -0.2) is 60.5 Å². The third-order valence-corrected chi connectivity index (χ3v) is 4.82. The minimum absolute atomic E-state index is 0.355. The molecule has 2 saturated heterocycles. The number of rotatable bonds is 5. The molecule has 3 rings (SSSR count). The molecule has 0 aromatic heterocycles. The van der Waals surface area contributed by atoms with Gasteiger partial charge in [0.05, 0.1) is 0 Å². The Balaban J connectivity index is 1.35. The van der Waals surface area contributed by atoms with Crippen molar-refractivity contribution in [3.05, 3.63) is 0 Å². The van der Waals surface area contributed by atoms with E-state index < -0.39 is 0 Å². The van der Waals surface area contributed by atoms with Crippen LogP contribution in [0.25, 0.3) is 0 Å². The first-order valence-electron chi connectivity index (χ1n) is 8.08. The van der Waals surface area contributed by atoms with Crippen molar-refractivity contribution in [1.29, 1.82) is 0 Å². The number of piperidine rings is 1. The Labute approximate surface area is 116 Å². The van der Waals surface area contributed by atoms with E-state index in [0.717, 1.165) is 25.7 Å². The Morgan fingerprint density at radius 2 is 1.68 bits per heavy atom. The van der Waals surface area contributed by atoms with Crippen molar-refractivity contribution in [2.45, 2.75) is 57.0 Å². The first-order valence-corrected chi connectivity index (χ1v) is 8.08. The molecule has 3 aliphatic rings. The molecule has 0 bridgehead atoms. The van der Waals surface area contributed by atoms with Crippen LogP contribution in [0.2, 0.25) is 0 Å². The molecule has 2 aliphatic heterocycles. The van der Waals surface area contributed by atoms with E-state index in [1.54, 1.807) is 0 Å². The highest BCUT2D eigenvalue weighted by Crippen LogP contribution is 2.21. The topological polar surface area (TPSA) is 35.6 Å². The van der Waals surface area contributed by atoms with E-state index in [1.165, 1.54) is 51.6 Å². The molecule has 2 heterocycles. The van der Waals surface area contributed by atoms with Gasteiger partial charge < -0.3 is 15.1 Å². The maximum Gasteiger partial charge on any atom is 0.223 e. The molecule has 0 aromatic rings. The molecule has 0 aromatic carbocycles. The van der Waals surface area contributed by atoms with Crippen molar-refractivity contribution in [2.75, 3.05) is 32.7 Å². The van der Waals surface area contributed by atoms with Crippen LogP contribution in [0.4, 0.5) is 0 Å². The Morgan fingerprint density at radius 3 is 2.32 bits per heavy atom. The van der Waals surface area contributed by atoms with E-state index in [1.807, 2.05) is 0 Å². The number of nitrogens with zero attached hydrogens (tertiary/aromatic N) is 2. The number of hydrogen-bond donors (Lipinski definition) is 1. The standard InChI is InChI=1S/C15H27N3O/c19-15(5-8-16-13-3-4-13)18-11-6-14(7-12-18)17-9-1-2-10-17/h13-14,16H,1-12H2. The number of likely N-dealkylation sites (tertiary alicyclic amines) is 2. The zero-order valence-electron chi connectivity index (χ0n) is 11.9. The fourth-order valence-electron chi connectivity index (χ4n) is 3.42. The third-order valence-electron chi connectivity index (χ3n) is 4.82. The summed E-state index contributed by atoms with van der Waals surface area (Å²) in [6.07, 6.45) is 8.39. The second-order valence-electron chi connectivity index (χ2n) is 6.33. The second-order valence-corrected chi connectivity index (χ2v) is 6.33. The summed E-state index contributed by atoms with van der Waals surface area (Å²) in [6, 6.07) is 1.46. The minimum atomic E-state index is 0.355. The van der Waals surface area contributed by atoms with Crippen LogP contribution < -0.4 is 5.32 Å². The van der Waals surface area contributed by atoms with Crippen molar-refractivity contribution in [3.8, 4) is 0 Å². The van der Waals surface area contributed by atoms with Crippen molar-refractivity contribution < 1.29 is 4.79 Å². The van der Waals surface area contributed by atoms with Crippen LogP contribution in [0.3, 0.4) is 0 Å². The van der Waals surface area contributed by atoms with E-state index in [9.17, 15) is 4.79 Å². The Bertz CT molecular complexity index is 303. The van der Waals surface area contributed by atoms with Crippen molar-refractivity contribution in [3.63, 3.8) is 0 Å². The summed E-state index contributed by atoms with van der Waals surface area (Å²) in [6.45, 7) is 5.39. The first kappa shape index (κ1) is 13.4. The van der Waals surface area contributed by atoms with E-state index in [2.05, 4.69) is 15.1 Å². The first-order chi connectivity index (χ1) is 9.33. The van der Waals surface area contributed by atoms with E-state index >= 15 is 0 Å². The predicted molar refractivity (Wildman–Crippen MR) is 76.1 cm³/mol. The number of amides is 1. The lowest BCUT2D eigenvalue weighted by Gasteiger charge is -2.36. The molecule has 3 fully saturated rings. The summed E-state index contributed by atoms with van der Waals surface area (Å²) in [5, 5.41) is 3.42. The fraction of sp³-hybridized carbons (Fsp3) is 0.933. The molecule has 4 nitrogen and oxygen atoms in total. The third kappa shape index (κ3) is 3.69. The second kappa shape index (κ2) is 6.23. The van der Waals surface area contributed by atoms with Gasteiger partial charge in [-0.3, -0.25) is 4.79 Å². The molecule has 0 spiro atoms. The van der Waals surface area contributed by atoms with Crippen molar-refractivity contribution in [2.24, 2.45) is 0 Å². The summed E-state index contributed by atoms with van der Waals surface area (Å²) in [5.74, 6) is 0.355. The van der Waals surface area contributed by atoms with Gasteiger partial charge in [0.2, 0.25) is 5.91 Å². The van der Waals surface area contributed by atoms with Gasteiger partial charge in [0, 0.05) is 38.1 Å². The average molecular weight is 265 g/mol. The normalized spacial score (nSPS) is 26.0. The van der Waals surface area contributed by atoms with Crippen LogP contribution in [-0.2, 0) is 4.79 Å². The molecule has 1 saturated carbocycles. The average Bonchev–Trinajstić information content (AvgIpc) is 3.10. The Hall–Kier alpha value is -0.610. The highest BCUT2D eigenvalue weighted by atomic mass is 16.2. The van der Waals surface area contributed by atoms with Gasteiger partial charge in [0.1, 0.15) is 0 Å². The van der Waals surface area contributed by atoms with Crippen molar-refractivity contribution >= 4 is 5.91 Å². The van der Waals surface area contributed by atoms with Gasteiger partial charge in [-0.1, -0.05) is 0 Å². The summed E-state index contributed by atoms with van der Waals surface area (Å²) in [5.41, 5.74) is 0.